The van der Waals surface area contributed by atoms with E-state index >= 15 is 0 Å². The molecule has 102 valence electrons. The highest BCUT2D eigenvalue weighted by atomic mass is 16.6. The molecule has 0 aliphatic heterocycles. The largest absolute Gasteiger partial charge is 0.444 e. The summed E-state index contributed by atoms with van der Waals surface area (Å²) in [5.74, 6) is 0. The molecule has 5 nitrogen and oxygen atoms in total. The Hall–Kier alpha value is -0.810. The van der Waals surface area contributed by atoms with Gasteiger partial charge in [-0.05, 0) is 32.6 Å². The van der Waals surface area contributed by atoms with Crippen LogP contribution in [0.1, 0.15) is 48.0 Å². The molecular formula is C12H25NO4. The number of aliphatic hydroxyl groups is 2. The fourth-order valence-electron chi connectivity index (χ4n) is 1.35. The average molecular weight is 247 g/mol. The Labute approximate surface area is 103 Å². The summed E-state index contributed by atoms with van der Waals surface area (Å²) in [4.78, 5) is 11.5. The van der Waals surface area contributed by atoms with E-state index in [9.17, 15) is 15.0 Å². The van der Waals surface area contributed by atoms with E-state index < -0.39 is 24.0 Å². The van der Waals surface area contributed by atoms with Gasteiger partial charge in [-0.25, -0.2) is 4.79 Å². The minimum Gasteiger partial charge on any atom is -0.444 e. The minimum atomic E-state index is -1.60. The molecule has 0 rings (SSSR count). The second-order valence-corrected chi connectivity index (χ2v) is 6.43. The van der Waals surface area contributed by atoms with Gasteiger partial charge in [0.1, 0.15) is 5.60 Å². The smallest absolute Gasteiger partial charge is 0.408 e. The molecule has 0 aromatic heterocycles. The van der Waals surface area contributed by atoms with Crippen molar-refractivity contribution in [2.75, 3.05) is 0 Å². The molecular weight excluding hydrogens is 222 g/mol. The number of alkyl carbamates (subject to hydrolysis) is 1. The van der Waals surface area contributed by atoms with Crippen molar-refractivity contribution in [3.8, 4) is 0 Å². The summed E-state index contributed by atoms with van der Waals surface area (Å²) in [5, 5.41) is 20.9. The molecule has 0 radical (unpaired) electrons. The number of aliphatic hydroxyl groups excluding tert-OH is 1. The third-order valence-electron chi connectivity index (χ3n) is 1.89. The van der Waals surface area contributed by atoms with Gasteiger partial charge in [0, 0.05) is 0 Å². The summed E-state index contributed by atoms with van der Waals surface area (Å²) in [6, 6.07) is -0.732. The molecule has 0 aromatic rings. The van der Waals surface area contributed by atoms with E-state index in [4.69, 9.17) is 4.74 Å². The SMILES string of the molecule is CC(C)(C)C[C@H](NC(=O)OC(C)(C)C)C(O)O. The van der Waals surface area contributed by atoms with E-state index in [-0.39, 0.29) is 5.41 Å². The van der Waals surface area contributed by atoms with Crippen LogP contribution >= 0.6 is 0 Å². The summed E-state index contributed by atoms with van der Waals surface area (Å²) >= 11 is 0. The van der Waals surface area contributed by atoms with Crippen LogP contribution < -0.4 is 5.32 Å². The van der Waals surface area contributed by atoms with Gasteiger partial charge in [-0.1, -0.05) is 20.8 Å². The molecule has 0 fully saturated rings. The fourth-order valence-corrected chi connectivity index (χ4v) is 1.35. The van der Waals surface area contributed by atoms with Crippen molar-refractivity contribution in [1.29, 1.82) is 0 Å². The van der Waals surface area contributed by atoms with Crippen LogP contribution in [0.4, 0.5) is 4.79 Å². The second kappa shape index (κ2) is 5.69. The van der Waals surface area contributed by atoms with Crippen molar-refractivity contribution in [3.63, 3.8) is 0 Å². The topological polar surface area (TPSA) is 78.8 Å². The normalized spacial score (nSPS) is 14.6. The van der Waals surface area contributed by atoms with E-state index in [1.54, 1.807) is 20.8 Å². The monoisotopic (exact) mass is 247 g/mol. The Morgan fingerprint density at radius 2 is 1.65 bits per heavy atom. The predicted octanol–water partition coefficient (Wildman–Crippen LogP) is 1.63. The predicted molar refractivity (Wildman–Crippen MR) is 65.5 cm³/mol. The molecule has 5 heteroatoms. The zero-order valence-corrected chi connectivity index (χ0v) is 11.6. The number of nitrogens with one attached hydrogen (secondary N) is 1. The zero-order valence-electron chi connectivity index (χ0n) is 11.6. The highest BCUT2D eigenvalue weighted by Crippen LogP contribution is 2.22. The maximum atomic E-state index is 11.5. The van der Waals surface area contributed by atoms with Gasteiger partial charge in [-0.2, -0.15) is 0 Å². The number of carbonyl (C=O) groups is 1. The lowest BCUT2D eigenvalue weighted by Gasteiger charge is -2.29. The molecule has 1 amide bonds. The second-order valence-electron chi connectivity index (χ2n) is 6.43. The Morgan fingerprint density at radius 1 is 1.18 bits per heavy atom. The highest BCUT2D eigenvalue weighted by Gasteiger charge is 2.27. The third-order valence-corrected chi connectivity index (χ3v) is 1.89. The van der Waals surface area contributed by atoms with Crippen LogP contribution in [0.15, 0.2) is 0 Å². The first-order valence-corrected chi connectivity index (χ1v) is 5.76. The molecule has 0 saturated heterocycles. The van der Waals surface area contributed by atoms with Gasteiger partial charge in [0.05, 0.1) is 6.04 Å². The van der Waals surface area contributed by atoms with Gasteiger partial charge in [0.15, 0.2) is 6.29 Å². The van der Waals surface area contributed by atoms with Crippen molar-refractivity contribution in [3.05, 3.63) is 0 Å². The Morgan fingerprint density at radius 3 is 1.94 bits per heavy atom. The lowest BCUT2D eigenvalue weighted by atomic mass is 9.88. The number of amides is 1. The lowest BCUT2D eigenvalue weighted by Crippen LogP contribution is -2.47. The zero-order chi connectivity index (χ0) is 13.9. The molecule has 17 heavy (non-hydrogen) atoms. The Balaban J connectivity index is 4.41. The summed E-state index contributed by atoms with van der Waals surface area (Å²) in [6.45, 7) is 11.1. The van der Waals surface area contributed by atoms with Crippen molar-refractivity contribution in [2.24, 2.45) is 5.41 Å². The number of rotatable bonds is 3. The number of carbonyl (C=O) groups excluding carboxylic acids is 1. The number of hydrogen-bond donors (Lipinski definition) is 3. The third kappa shape index (κ3) is 8.94. The maximum Gasteiger partial charge on any atom is 0.408 e. The Kier molecular flexibility index (Phi) is 5.42. The molecule has 0 spiro atoms. The highest BCUT2D eigenvalue weighted by molar-refractivity contribution is 5.68. The molecule has 0 aliphatic rings. The van der Waals surface area contributed by atoms with Gasteiger partial charge >= 0.3 is 6.09 Å². The minimum absolute atomic E-state index is 0.122. The molecule has 1 atom stereocenters. The number of ether oxygens (including phenoxy) is 1. The molecule has 3 N–H and O–H groups in total. The van der Waals surface area contributed by atoms with Crippen LogP contribution in [0, 0.1) is 5.41 Å². The van der Waals surface area contributed by atoms with Gasteiger partial charge in [0.25, 0.3) is 0 Å². The van der Waals surface area contributed by atoms with Crippen LogP contribution in [0.2, 0.25) is 0 Å². The van der Waals surface area contributed by atoms with Crippen LogP contribution in [-0.2, 0) is 4.74 Å². The quantitative estimate of drug-likeness (QED) is 0.662. The summed E-state index contributed by atoms with van der Waals surface area (Å²) in [6.07, 6.45) is -1.79. The van der Waals surface area contributed by atoms with Gasteiger partial charge in [-0.15, -0.1) is 0 Å². The van der Waals surface area contributed by atoms with Gasteiger partial charge in [0.2, 0.25) is 0 Å². The van der Waals surface area contributed by atoms with Crippen LogP contribution in [0.3, 0.4) is 0 Å². The van der Waals surface area contributed by atoms with Crippen LogP contribution in [0.25, 0.3) is 0 Å². The van der Waals surface area contributed by atoms with Crippen molar-refractivity contribution in [1.82, 2.24) is 5.32 Å². The van der Waals surface area contributed by atoms with E-state index in [1.807, 2.05) is 20.8 Å². The summed E-state index contributed by atoms with van der Waals surface area (Å²) in [7, 11) is 0. The van der Waals surface area contributed by atoms with E-state index in [1.165, 1.54) is 0 Å². The summed E-state index contributed by atoms with van der Waals surface area (Å²) < 4.78 is 5.06. The van der Waals surface area contributed by atoms with E-state index in [0.717, 1.165) is 0 Å². The van der Waals surface area contributed by atoms with Crippen molar-refractivity contribution < 1.29 is 19.7 Å². The first kappa shape index (κ1) is 16.2. The van der Waals surface area contributed by atoms with Gasteiger partial charge in [-0.3, -0.25) is 0 Å². The first-order chi connectivity index (χ1) is 7.41. The molecule has 0 unspecified atom stereocenters. The summed E-state index contributed by atoms with van der Waals surface area (Å²) in [5.41, 5.74) is -0.722. The maximum absolute atomic E-state index is 11.5. The van der Waals surface area contributed by atoms with E-state index in [0.29, 0.717) is 6.42 Å². The molecule has 0 aromatic carbocycles. The molecule has 0 heterocycles. The van der Waals surface area contributed by atoms with Crippen LogP contribution in [0.5, 0.6) is 0 Å². The van der Waals surface area contributed by atoms with E-state index in [2.05, 4.69) is 5.32 Å². The molecule has 0 saturated carbocycles. The molecule has 0 bridgehead atoms. The van der Waals surface area contributed by atoms with Crippen molar-refractivity contribution >= 4 is 6.09 Å². The average Bonchev–Trinajstić information content (AvgIpc) is 1.95. The molecule has 0 aliphatic carbocycles. The number of hydrogen-bond acceptors (Lipinski definition) is 4. The van der Waals surface area contributed by atoms with Crippen molar-refractivity contribution in [2.45, 2.75) is 65.9 Å². The first-order valence-electron chi connectivity index (χ1n) is 5.76. The van der Waals surface area contributed by atoms with Crippen LogP contribution in [-0.4, -0.2) is 34.2 Å². The fraction of sp³-hybridized carbons (Fsp3) is 0.917. The lowest BCUT2D eigenvalue weighted by molar-refractivity contribution is -0.0757. The standard InChI is InChI=1S/C12H25NO4/c1-11(2,3)7-8(9(14)15)13-10(16)17-12(4,5)6/h8-9,14-15H,7H2,1-6H3,(H,13,16)/t8-/m0/s1. The van der Waals surface area contributed by atoms with Gasteiger partial charge < -0.3 is 20.3 Å². The Bertz CT molecular complexity index is 250.